The third kappa shape index (κ3) is 65.0. The van der Waals surface area contributed by atoms with E-state index in [1.54, 1.807) is 0 Å². The molecule has 0 radical (unpaired) electrons. The van der Waals surface area contributed by atoms with Gasteiger partial charge in [-0.15, -0.1) is 0 Å². The van der Waals surface area contributed by atoms with Crippen molar-refractivity contribution in [3.8, 4) is 0 Å². The minimum absolute atomic E-state index is 0.0906. The molecule has 0 saturated heterocycles. The molecule has 0 spiro atoms. The summed E-state index contributed by atoms with van der Waals surface area (Å²) in [6, 6.07) is 0. The number of unbranched alkanes of at least 4 members (excludes halogenated alkanes) is 34. The molecule has 0 aliphatic rings. The van der Waals surface area contributed by atoms with E-state index in [2.05, 4.69) is 118 Å². The summed E-state index contributed by atoms with van der Waals surface area (Å²) in [7, 11) is 0. The number of carbonyl (C=O) groups is 3. The molecule has 0 heterocycles. The average molecular weight is 1100 g/mol. The normalized spacial score (nSPS) is 12.7. The molecule has 0 rings (SSSR count). The monoisotopic (exact) mass is 1100 g/mol. The average Bonchev–Trinajstić information content (AvgIpc) is 3.45. The molecular formula is C73H126O6. The van der Waals surface area contributed by atoms with Crippen LogP contribution in [0, 0.1) is 0 Å². The zero-order valence-electron chi connectivity index (χ0n) is 52.1. The van der Waals surface area contributed by atoms with Gasteiger partial charge in [0.15, 0.2) is 6.10 Å². The van der Waals surface area contributed by atoms with Gasteiger partial charge in [0.1, 0.15) is 13.2 Å². The van der Waals surface area contributed by atoms with E-state index in [0.717, 1.165) is 141 Å². The second kappa shape index (κ2) is 66.8. The van der Waals surface area contributed by atoms with Gasteiger partial charge in [0.2, 0.25) is 0 Å². The SMILES string of the molecule is CC/C=C\C/C=C\C/C=C\C/C=C\C/C=C\C/C=C\CCCCCCC(=O)OC(COC(=O)CCCCCCC/C=C\C/C=C\CCC)COC(=O)CCCCCCCCCCCCCCCCCCCCCCCCCCC. The summed E-state index contributed by atoms with van der Waals surface area (Å²) in [6.45, 7) is 6.47. The fourth-order valence-electron chi connectivity index (χ4n) is 9.55. The van der Waals surface area contributed by atoms with Gasteiger partial charge >= 0.3 is 17.9 Å². The number of rotatable bonds is 61. The molecule has 0 aromatic heterocycles. The van der Waals surface area contributed by atoms with Gasteiger partial charge < -0.3 is 14.2 Å². The largest absolute Gasteiger partial charge is 0.462 e. The molecule has 0 amide bonds. The molecule has 6 heteroatoms. The van der Waals surface area contributed by atoms with E-state index >= 15 is 0 Å². The molecule has 1 unspecified atom stereocenters. The first-order valence-electron chi connectivity index (χ1n) is 33.7. The number of allylic oxidation sites excluding steroid dienone is 16. The maximum atomic E-state index is 12.9. The van der Waals surface area contributed by atoms with Crippen molar-refractivity contribution in [1.82, 2.24) is 0 Å². The second-order valence-corrected chi connectivity index (χ2v) is 22.4. The molecule has 0 N–H and O–H groups in total. The van der Waals surface area contributed by atoms with Crippen LogP contribution in [0.5, 0.6) is 0 Å². The van der Waals surface area contributed by atoms with Crippen molar-refractivity contribution in [3.05, 3.63) is 97.2 Å². The third-order valence-corrected chi connectivity index (χ3v) is 14.6. The summed E-state index contributed by atoms with van der Waals surface area (Å²) in [5.41, 5.74) is 0. The molecule has 0 aliphatic carbocycles. The first kappa shape index (κ1) is 75.3. The highest BCUT2D eigenvalue weighted by atomic mass is 16.6. The van der Waals surface area contributed by atoms with Crippen LogP contribution in [0.1, 0.15) is 329 Å². The van der Waals surface area contributed by atoms with Crippen LogP contribution in [-0.2, 0) is 28.6 Å². The van der Waals surface area contributed by atoms with Gasteiger partial charge in [0.25, 0.3) is 0 Å². The van der Waals surface area contributed by atoms with Gasteiger partial charge in [-0.25, -0.2) is 0 Å². The molecule has 0 saturated carbocycles. The van der Waals surface area contributed by atoms with Gasteiger partial charge in [-0.3, -0.25) is 14.4 Å². The molecule has 79 heavy (non-hydrogen) atoms. The van der Waals surface area contributed by atoms with Gasteiger partial charge in [0, 0.05) is 19.3 Å². The molecule has 0 fully saturated rings. The maximum Gasteiger partial charge on any atom is 0.306 e. The van der Waals surface area contributed by atoms with Crippen molar-refractivity contribution >= 4 is 17.9 Å². The van der Waals surface area contributed by atoms with Crippen molar-refractivity contribution in [2.75, 3.05) is 13.2 Å². The van der Waals surface area contributed by atoms with Crippen LogP contribution in [0.4, 0.5) is 0 Å². The lowest BCUT2D eigenvalue weighted by Crippen LogP contribution is -2.30. The fraction of sp³-hybridized carbons (Fsp3) is 0.740. The van der Waals surface area contributed by atoms with Gasteiger partial charge in [-0.05, 0) is 96.3 Å². The van der Waals surface area contributed by atoms with Crippen LogP contribution in [0.3, 0.4) is 0 Å². The highest BCUT2D eigenvalue weighted by molar-refractivity contribution is 5.71. The molecule has 0 aromatic carbocycles. The van der Waals surface area contributed by atoms with Crippen LogP contribution in [0.2, 0.25) is 0 Å². The second-order valence-electron chi connectivity index (χ2n) is 22.4. The first-order valence-corrected chi connectivity index (χ1v) is 33.7. The van der Waals surface area contributed by atoms with Crippen molar-refractivity contribution < 1.29 is 28.6 Å². The van der Waals surface area contributed by atoms with E-state index < -0.39 is 6.10 Å². The van der Waals surface area contributed by atoms with Crippen molar-refractivity contribution in [2.45, 2.75) is 335 Å². The Morgan fingerprint density at radius 1 is 0.266 bits per heavy atom. The van der Waals surface area contributed by atoms with Gasteiger partial charge in [-0.2, -0.15) is 0 Å². The summed E-state index contributed by atoms with van der Waals surface area (Å²) in [4.78, 5) is 38.4. The highest BCUT2D eigenvalue weighted by Gasteiger charge is 2.19. The lowest BCUT2D eigenvalue weighted by Gasteiger charge is -2.18. The molecule has 0 aliphatic heterocycles. The summed E-state index contributed by atoms with van der Waals surface area (Å²) < 4.78 is 16.9. The Hall–Kier alpha value is -3.67. The third-order valence-electron chi connectivity index (χ3n) is 14.6. The predicted molar refractivity (Wildman–Crippen MR) is 344 cm³/mol. The smallest absolute Gasteiger partial charge is 0.306 e. The summed E-state index contributed by atoms with van der Waals surface area (Å²) >= 11 is 0. The zero-order chi connectivity index (χ0) is 57.1. The zero-order valence-corrected chi connectivity index (χ0v) is 52.1. The van der Waals surface area contributed by atoms with Crippen molar-refractivity contribution in [2.24, 2.45) is 0 Å². The Balaban J connectivity index is 4.34. The van der Waals surface area contributed by atoms with Crippen LogP contribution in [-0.4, -0.2) is 37.2 Å². The topological polar surface area (TPSA) is 78.9 Å². The van der Waals surface area contributed by atoms with Gasteiger partial charge in [0.05, 0.1) is 0 Å². The molecule has 0 bridgehead atoms. The fourth-order valence-corrected chi connectivity index (χ4v) is 9.55. The quantitative estimate of drug-likeness (QED) is 0.0261. The number of hydrogen-bond acceptors (Lipinski definition) is 6. The minimum Gasteiger partial charge on any atom is -0.462 e. The lowest BCUT2D eigenvalue weighted by molar-refractivity contribution is -0.167. The van der Waals surface area contributed by atoms with Gasteiger partial charge in [-0.1, -0.05) is 311 Å². The van der Waals surface area contributed by atoms with Crippen LogP contribution < -0.4 is 0 Å². The summed E-state index contributed by atoms with van der Waals surface area (Å²) in [6.07, 6.45) is 90.0. The standard InChI is InChI=1S/C73H126O6/c1-4-7-10-13-16-19-22-25-27-29-31-33-35-36-38-39-41-43-45-48-51-54-57-60-63-66-72(75)78-69-70(68-77-71(74)65-62-59-56-53-50-47-24-21-18-15-12-9-6-3)79-73(76)67-64-61-58-55-52-49-46-44-42-40-37-34-32-30-28-26-23-20-17-14-11-8-5-2/h8,11-12,15,17,20-21,24,26,28,32,34,40,42,46,49,70H,4-7,9-10,13-14,16,18-19,22-23,25,27,29-31,33,35-39,41,43-45,47-48,50-69H2,1-3H3/b11-8-,15-12-,20-17-,24-21-,28-26-,34-32-,42-40-,49-46-. The van der Waals surface area contributed by atoms with E-state index in [1.807, 2.05) is 0 Å². The van der Waals surface area contributed by atoms with Crippen LogP contribution in [0.15, 0.2) is 97.2 Å². The number of hydrogen-bond donors (Lipinski definition) is 0. The molecule has 1 atom stereocenters. The number of ether oxygens (including phenoxy) is 3. The van der Waals surface area contributed by atoms with E-state index in [0.29, 0.717) is 19.3 Å². The first-order chi connectivity index (χ1) is 39.0. The van der Waals surface area contributed by atoms with Crippen molar-refractivity contribution in [3.63, 3.8) is 0 Å². The predicted octanol–water partition coefficient (Wildman–Crippen LogP) is 23.2. The highest BCUT2D eigenvalue weighted by Crippen LogP contribution is 2.17. The Morgan fingerprint density at radius 2 is 0.519 bits per heavy atom. The Kier molecular flexibility index (Phi) is 63.7. The lowest BCUT2D eigenvalue weighted by atomic mass is 10.0. The van der Waals surface area contributed by atoms with E-state index in [4.69, 9.17) is 14.2 Å². The Bertz CT molecular complexity index is 1540. The number of esters is 3. The Morgan fingerprint density at radius 3 is 0.823 bits per heavy atom. The molecule has 6 nitrogen and oxygen atoms in total. The summed E-state index contributed by atoms with van der Waals surface area (Å²) in [5, 5.41) is 0. The van der Waals surface area contributed by atoms with Crippen LogP contribution >= 0.6 is 0 Å². The van der Waals surface area contributed by atoms with Crippen LogP contribution in [0.25, 0.3) is 0 Å². The summed E-state index contributed by atoms with van der Waals surface area (Å²) in [5.74, 6) is -0.918. The maximum absolute atomic E-state index is 12.9. The number of carbonyl (C=O) groups excluding carboxylic acids is 3. The van der Waals surface area contributed by atoms with E-state index in [-0.39, 0.29) is 31.1 Å². The molecule has 454 valence electrons. The molecular weight excluding hydrogens is 973 g/mol. The Labute approximate surface area is 489 Å². The van der Waals surface area contributed by atoms with E-state index in [9.17, 15) is 14.4 Å². The van der Waals surface area contributed by atoms with Crippen molar-refractivity contribution in [1.29, 1.82) is 0 Å². The minimum atomic E-state index is -0.798. The van der Waals surface area contributed by atoms with E-state index in [1.165, 1.54) is 148 Å². The molecule has 0 aromatic rings.